The van der Waals surface area contributed by atoms with Gasteiger partial charge in [-0.2, -0.15) is 0 Å². The Balaban J connectivity index is 2.04. The van der Waals surface area contributed by atoms with Crippen molar-refractivity contribution in [2.75, 3.05) is 0 Å². The first-order chi connectivity index (χ1) is 9.60. The summed E-state index contributed by atoms with van der Waals surface area (Å²) in [6.07, 6.45) is 0. The number of carbonyl (C=O) groups is 1. The fourth-order valence-electron chi connectivity index (χ4n) is 1.86. The van der Waals surface area contributed by atoms with Gasteiger partial charge in [0.25, 0.3) is 5.91 Å². The zero-order valence-electron chi connectivity index (χ0n) is 11.1. The van der Waals surface area contributed by atoms with Crippen molar-refractivity contribution in [2.45, 2.75) is 18.3 Å². The predicted octanol–water partition coefficient (Wildman–Crippen LogP) is 4.21. The Morgan fingerprint density at radius 2 is 1.75 bits per heavy atom. The quantitative estimate of drug-likeness (QED) is 0.833. The molecule has 1 amide bonds. The molecule has 0 unspecified atom stereocenters. The number of halogens is 2. The topological polar surface area (TPSA) is 29.1 Å². The van der Waals surface area contributed by atoms with Crippen molar-refractivity contribution in [3.8, 4) is 0 Å². The average molecular weight is 336 g/mol. The fourth-order valence-corrected chi connectivity index (χ4v) is 2.23. The van der Waals surface area contributed by atoms with Crippen molar-refractivity contribution in [1.82, 2.24) is 5.32 Å². The molecule has 0 aliphatic heterocycles. The zero-order chi connectivity index (χ0) is 14.5. The molecule has 2 nitrogen and oxygen atoms in total. The molecule has 4 heteroatoms. The van der Waals surface area contributed by atoms with Gasteiger partial charge in [-0.05, 0) is 42.3 Å². The Kier molecular flexibility index (Phi) is 4.90. The van der Waals surface area contributed by atoms with Gasteiger partial charge in [0, 0.05) is 10.9 Å². The maximum absolute atomic E-state index is 12.9. The van der Waals surface area contributed by atoms with Gasteiger partial charge in [-0.1, -0.05) is 40.2 Å². The van der Waals surface area contributed by atoms with Gasteiger partial charge in [0.05, 0.1) is 6.04 Å². The van der Waals surface area contributed by atoms with Crippen molar-refractivity contribution >= 4 is 21.8 Å². The first-order valence-electron chi connectivity index (χ1n) is 6.31. The molecule has 20 heavy (non-hydrogen) atoms. The molecule has 104 valence electrons. The summed E-state index contributed by atoms with van der Waals surface area (Å²) >= 11 is 3.36. The minimum atomic E-state index is -0.280. The summed E-state index contributed by atoms with van der Waals surface area (Å²) in [6.45, 7) is 1.87. The Morgan fingerprint density at radius 3 is 2.30 bits per heavy atom. The molecule has 0 aromatic heterocycles. The molecule has 0 fully saturated rings. The van der Waals surface area contributed by atoms with Crippen LogP contribution in [0, 0.1) is 5.82 Å². The van der Waals surface area contributed by atoms with Gasteiger partial charge in [-0.25, -0.2) is 4.39 Å². The lowest BCUT2D eigenvalue weighted by Crippen LogP contribution is -2.26. The predicted molar refractivity (Wildman–Crippen MR) is 81.4 cm³/mol. The van der Waals surface area contributed by atoms with E-state index in [1.165, 1.54) is 12.1 Å². The third-order valence-corrected chi connectivity index (χ3v) is 3.74. The van der Waals surface area contributed by atoms with E-state index in [1.54, 1.807) is 24.3 Å². The minimum absolute atomic E-state index is 0.136. The van der Waals surface area contributed by atoms with Crippen LogP contribution in [0.3, 0.4) is 0 Å². The molecule has 0 bridgehead atoms. The van der Waals surface area contributed by atoms with E-state index in [2.05, 4.69) is 21.2 Å². The van der Waals surface area contributed by atoms with Gasteiger partial charge in [0.2, 0.25) is 0 Å². The molecular weight excluding hydrogens is 321 g/mol. The average Bonchev–Trinajstić information content (AvgIpc) is 2.48. The fraction of sp³-hybridized carbons (Fsp3) is 0.188. The third-order valence-electron chi connectivity index (χ3n) is 3.09. The summed E-state index contributed by atoms with van der Waals surface area (Å²) in [5.74, 6) is -0.416. The van der Waals surface area contributed by atoms with E-state index in [1.807, 2.05) is 19.1 Å². The normalized spacial score (nSPS) is 11.9. The Hall–Kier alpha value is -1.68. The van der Waals surface area contributed by atoms with Crippen LogP contribution in [0.5, 0.6) is 0 Å². The van der Waals surface area contributed by atoms with Gasteiger partial charge >= 0.3 is 0 Å². The van der Waals surface area contributed by atoms with E-state index in [0.717, 1.165) is 16.5 Å². The summed E-state index contributed by atoms with van der Waals surface area (Å²) in [7, 11) is 0. The molecule has 1 atom stereocenters. The molecule has 2 aromatic rings. The van der Waals surface area contributed by atoms with E-state index in [-0.39, 0.29) is 17.8 Å². The van der Waals surface area contributed by atoms with Crippen LogP contribution in [0.25, 0.3) is 0 Å². The minimum Gasteiger partial charge on any atom is -0.346 e. The molecule has 0 heterocycles. The molecule has 1 N–H and O–H groups in total. The largest absolute Gasteiger partial charge is 0.346 e. The molecule has 2 rings (SSSR count). The SMILES string of the molecule is C[C@H](NC(=O)c1ccc(CBr)cc1)c1ccc(F)cc1. The van der Waals surface area contributed by atoms with E-state index < -0.39 is 0 Å². The van der Waals surface area contributed by atoms with Crippen LogP contribution in [0.1, 0.15) is 34.5 Å². The van der Waals surface area contributed by atoms with E-state index in [4.69, 9.17) is 0 Å². The van der Waals surface area contributed by atoms with Crippen molar-refractivity contribution < 1.29 is 9.18 Å². The molecule has 0 aliphatic carbocycles. The van der Waals surface area contributed by atoms with Crippen LogP contribution >= 0.6 is 15.9 Å². The highest BCUT2D eigenvalue weighted by Crippen LogP contribution is 2.14. The number of rotatable bonds is 4. The first-order valence-corrected chi connectivity index (χ1v) is 7.43. The summed E-state index contributed by atoms with van der Waals surface area (Å²) in [4.78, 5) is 12.1. The molecule has 0 radical (unpaired) electrons. The molecule has 2 aromatic carbocycles. The van der Waals surface area contributed by atoms with Gasteiger partial charge < -0.3 is 5.32 Å². The Morgan fingerprint density at radius 1 is 1.15 bits per heavy atom. The summed E-state index contributed by atoms with van der Waals surface area (Å²) < 4.78 is 12.9. The van der Waals surface area contributed by atoms with Gasteiger partial charge in [-0.3, -0.25) is 4.79 Å². The lowest BCUT2D eigenvalue weighted by atomic mass is 10.1. The van der Waals surface area contributed by atoms with Crippen molar-refractivity contribution in [2.24, 2.45) is 0 Å². The van der Waals surface area contributed by atoms with Crippen LogP contribution in [0.2, 0.25) is 0 Å². The van der Waals surface area contributed by atoms with Crippen LogP contribution in [-0.4, -0.2) is 5.91 Å². The summed E-state index contributed by atoms with van der Waals surface area (Å²) in [5.41, 5.74) is 2.61. The lowest BCUT2D eigenvalue weighted by Gasteiger charge is -2.14. The highest BCUT2D eigenvalue weighted by molar-refractivity contribution is 9.08. The van der Waals surface area contributed by atoms with Crippen LogP contribution in [0.4, 0.5) is 4.39 Å². The molecular formula is C16H15BrFNO. The second-order valence-electron chi connectivity index (χ2n) is 4.58. The molecule has 0 aliphatic rings. The number of amides is 1. The maximum atomic E-state index is 12.9. The van der Waals surface area contributed by atoms with Crippen molar-refractivity contribution in [1.29, 1.82) is 0 Å². The number of hydrogen-bond acceptors (Lipinski definition) is 1. The lowest BCUT2D eigenvalue weighted by molar-refractivity contribution is 0.0940. The Bertz CT molecular complexity index is 580. The monoisotopic (exact) mass is 335 g/mol. The zero-order valence-corrected chi connectivity index (χ0v) is 12.7. The van der Waals surface area contributed by atoms with Crippen LogP contribution in [0.15, 0.2) is 48.5 Å². The standard InChI is InChI=1S/C16H15BrFNO/c1-11(13-6-8-15(18)9-7-13)19-16(20)14-4-2-12(10-17)3-5-14/h2-9,11H,10H2,1H3,(H,19,20)/t11-/m0/s1. The number of alkyl halides is 1. The first kappa shape index (κ1) is 14.7. The highest BCUT2D eigenvalue weighted by atomic mass is 79.9. The molecule has 0 saturated carbocycles. The Labute approximate surface area is 126 Å². The second kappa shape index (κ2) is 6.66. The highest BCUT2D eigenvalue weighted by Gasteiger charge is 2.11. The van der Waals surface area contributed by atoms with E-state index >= 15 is 0 Å². The molecule has 0 saturated heterocycles. The smallest absolute Gasteiger partial charge is 0.251 e. The third kappa shape index (κ3) is 3.67. The maximum Gasteiger partial charge on any atom is 0.251 e. The van der Waals surface area contributed by atoms with E-state index in [9.17, 15) is 9.18 Å². The second-order valence-corrected chi connectivity index (χ2v) is 5.14. The van der Waals surface area contributed by atoms with Crippen LogP contribution in [-0.2, 0) is 5.33 Å². The van der Waals surface area contributed by atoms with E-state index in [0.29, 0.717) is 5.56 Å². The van der Waals surface area contributed by atoms with Gasteiger partial charge in [-0.15, -0.1) is 0 Å². The number of carbonyl (C=O) groups excluding carboxylic acids is 1. The van der Waals surface area contributed by atoms with Crippen molar-refractivity contribution in [3.63, 3.8) is 0 Å². The van der Waals surface area contributed by atoms with Crippen LogP contribution < -0.4 is 5.32 Å². The number of nitrogens with one attached hydrogen (secondary N) is 1. The summed E-state index contributed by atoms with van der Waals surface area (Å²) in [6, 6.07) is 13.4. The molecule has 0 spiro atoms. The van der Waals surface area contributed by atoms with Gasteiger partial charge in [0.1, 0.15) is 5.82 Å². The number of hydrogen-bond donors (Lipinski definition) is 1. The summed E-state index contributed by atoms with van der Waals surface area (Å²) in [5, 5.41) is 3.66. The number of benzene rings is 2. The van der Waals surface area contributed by atoms with Gasteiger partial charge in [0.15, 0.2) is 0 Å². The van der Waals surface area contributed by atoms with Crippen molar-refractivity contribution in [3.05, 3.63) is 71.0 Å².